The van der Waals surface area contributed by atoms with Crippen LogP contribution in [0.4, 0.5) is 14.5 Å². The standard InChI is InChI=1S/C13H5BrF2N2O3/c14-8-3-7(6-17)1-2-12(8)21-13-5-9(15)11(18(19)20)4-10(13)16/h1-5H. The van der Waals surface area contributed by atoms with E-state index in [0.29, 0.717) is 22.2 Å². The molecule has 0 aliphatic heterocycles. The quantitative estimate of drug-likeness (QED) is 0.608. The van der Waals surface area contributed by atoms with Crippen LogP contribution < -0.4 is 4.74 Å². The second-order valence-electron chi connectivity index (χ2n) is 3.85. The fourth-order valence-electron chi connectivity index (χ4n) is 1.51. The molecule has 106 valence electrons. The molecule has 0 saturated carbocycles. The molecule has 2 aromatic carbocycles. The zero-order valence-electron chi connectivity index (χ0n) is 10.1. The van der Waals surface area contributed by atoms with Crippen LogP contribution in [0.25, 0.3) is 0 Å². The maximum atomic E-state index is 13.7. The smallest absolute Gasteiger partial charge is 0.307 e. The molecule has 21 heavy (non-hydrogen) atoms. The van der Waals surface area contributed by atoms with Gasteiger partial charge in [-0.05, 0) is 34.1 Å². The molecule has 0 radical (unpaired) electrons. The van der Waals surface area contributed by atoms with Gasteiger partial charge in [0.15, 0.2) is 11.6 Å². The molecule has 0 amide bonds. The van der Waals surface area contributed by atoms with Crippen molar-refractivity contribution in [1.29, 1.82) is 5.26 Å². The fraction of sp³-hybridized carbons (Fsp3) is 0. The SMILES string of the molecule is N#Cc1ccc(Oc2cc(F)c([N+](=O)[O-])cc2F)c(Br)c1. The first kappa shape index (κ1) is 14.9. The highest BCUT2D eigenvalue weighted by atomic mass is 79.9. The lowest BCUT2D eigenvalue weighted by atomic mass is 10.2. The van der Waals surface area contributed by atoms with E-state index in [1.54, 1.807) is 0 Å². The van der Waals surface area contributed by atoms with Gasteiger partial charge in [-0.25, -0.2) is 4.39 Å². The van der Waals surface area contributed by atoms with E-state index in [2.05, 4.69) is 15.9 Å². The van der Waals surface area contributed by atoms with Gasteiger partial charge in [0.25, 0.3) is 0 Å². The summed E-state index contributed by atoms with van der Waals surface area (Å²) in [5.74, 6) is -2.63. The Labute approximate surface area is 125 Å². The van der Waals surface area contributed by atoms with Gasteiger partial charge in [-0.1, -0.05) is 0 Å². The van der Waals surface area contributed by atoms with E-state index < -0.39 is 28.0 Å². The Morgan fingerprint density at radius 2 is 1.90 bits per heavy atom. The summed E-state index contributed by atoms with van der Waals surface area (Å²) < 4.78 is 32.7. The molecular formula is C13H5BrF2N2O3. The van der Waals surface area contributed by atoms with Gasteiger partial charge in [0.1, 0.15) is 5.75 Å². The number of nitrogens with zero attached hydrogens (tertiary/aromatic N) is 2. The molecular weight excluding hydrogens is 350 g/mol. The van der Waals surface area contributed by atoms with Crippen molar-refractivity contribution >= 4 is 21.6 Å². The Bertz CT molecular complexity index is 775. The fourth-order valence-corrected chi connectivity index (χ4v) is 1.97. The average molecular weight is 355 g/mol. The first-order chi connectivity index (χ1) is 9.92. The zero-order valence-corrected chi connectivity index (χ0v) is 11.7. The topological polar surface area (TPSA) is 76.2 Å². The first-order valence-corrected chi connectivity index (χ1v) is 6.22. The maximum Gasteiger partial charge on any atom is 0.307 e. The lowest BCUT2D eigenvalue weighted by Gasteiger charge is -2.09. The van der Waals surface area contributed by atoms with E-state index in [9.17, 15) is 18.9 Å². The van der Waals surface area contributed by atoms with Crippen molar-refractivity contribution in [3.8, 4) is 17.6 Å². The van der Waals surface area contributed by atoms with E-state index in [0.717, 1.165) is 0 Å². The molecule has 8 heteroatoms. The number of nitro benzene ring substituents is 1. The van der Waals surface area contributed by atoms with Crippen molar-refractivity contribution in [2.75, 3.05) is 0 Å². The summed E-state index contributed by atoms with van der Waals surface area (Å²) in [6, 6.07) is 7.21. The van der Waals surface area contributed by atoms with Crippen LogP contribution >= 0.6 is 15.9 Å². The maximum absolute atomic E-state index is 13.7. The summed E-state index contributed by atoms with van der Waals surface area (Å²) in [4.78, 5) is 9.46. The molecule has 0 aromatic heterocycles. The van der Waals surface area contributed by atoms with Crippen LogP contribution in [0.3, 0.4) is 0 Å². The van der Waals surface area contributed by atoms with Crippen molar-refractivity contribution in [2.24, 2.45) is 0 Å². The highest BCUT2D eigenvalue weighted by Gasteiger charge is 2.20. The van der Waals surface area contributed by atoms with Gasteiger partial charge >= 0.3 is 5.69 Å². The van der Waals surface area contributed by atoms with Crippen LogP contribution in [0.5, 0.6) is 11.5 Å². The van der Waals surface area contributed by atoms with Crippen LogP contribution in [0.15, 0.2) is 34.8 Å². The highest BCUT2D eigenvalue weighted by Crippen LogP contribution is 2.34. The number of benzene rings is 2. The summed E-state index contributed by atoms with van der Waals surface area (Å²) >= 11 is 3.13. The van der Waals surface area contributed by atoms with Crippen molar-refractivity contribution in [3.63, 3.8) is 0 Å². The first-order valence-electron chi connectivity index (χ1n) is 5.43. The summed E-state index contributed by atoms with van der Waals surface area (Å²) in [7, 11) is 0. The van der Waals surface area contributed by atoms with E-state index in [4.69, 9.17) is 10.00 Å². The molecule has 5 nitrogen and oxygen atoms in total. The predicted octanol–water partition coefficient (Wildman–Crippen LogP) is 4.30. The molecule has 2 aromatic rings. The van der Waals surface area contributed by atoms with Crippen LogP contribution in [-0.4, -0.2) is 4.92 Å². The molecule has 0 atom stereocenters. The van der Waals surface area contributed by atoms with Gasteiger partial charge in [-0.15, -0.1) is 0 Å². The molecule has 0 saturated heterocycles. The third kappa shape index (κ3) is 3.14. The van der Waals surface area contributed by atoms with E-state index in [1.165, 1.54) is 18.2 Å². The Morgan fingerprint density at radius 3 is 2.48 bits per heavy atom. The number of nitro groups is 1. The van der Waals surface area contributed by atoms with Gasteiger partial charge in [-0.3, -0.25) is 10.1 Å². The minimum Gasteiger partial charge on any atom is -0.453 e. The molecule has 0 bridgehead atoms. The Kier molecular flexibility index (Phi) is 4.14. The molecule has 2 rings (SSSR count). The normalized spacial score (nSPS) is 10.0. The second kappa shape index (κ2) is 5.85. The number of hydrogen-bond acceptors (Lipinski definition) is 4. The number of rotatable bonds is 3. The third-order valence-corrected chi connectivity index (χ3v) is 3.10. The number of ether oxygens (including phenoxy) is 1. The molecule has 0 N–H and O–H groups in total. The summed E-state index contributed by atoms with van der Waals surface area (Å²) in [6.07, 6.45) is 0. The van der Waals surface area contributed by atoms with Crippen LogP contribution in [-0.2, 0) is 0 Å². The van der Waals surface area contributed by atoms with Gasteiger partial charge in [0, 0.05) is 6.07 Å². The van der Waals surface area contributed by atoms with Crippen molar-refractivity contribution in [1.82, 2.24) is 0 Å². The monoisotopic (exact) mass is 354 g/mol. The van der Waals surface area contributed by atoms with Gasteiger partial charge in [0.2, 0.25) is 5.82 Å². The van der Waals surface area contributed by atoms with Crippen LogP contribution in [0.2, 0.25) is 0 Å². The van der Waals surface area contributed by atoms with Crippen LogP contribution in [0, 0.1) is 33.1 Å². The number of nitriles is 1. The number of halogens is 3. The van der Waals surface area contributed by atoms with E-state index in [-0.39, 0.29) is 5.75 Å². The summed E-state index contributed by atoms with van der Waals surface area (Å²) in [5, 5.41) is 19.2. The second-order valence-corrected chi connectivity index (χ2v) is 4.70. The van der Waals surface area contributed by atoms with Crippen molar-refractivity contribution in [3.05, 3.63) is 62.1 Å². The minimum absolute atomic E-state index is 0.140. The molecule has 0 aliphatic carbocycles. The van der Waals surface area contributed by atoms with Crippen LogP contribution in [0.1, 0.15) is 5.56 Å². The Morgan fingerprint density at radius 1 is 1.19 bits per heavy atom. The molecule has 0 spiro atoms. The molecule has 0 heterocycles. The van der Waals surface area contributed by atoms with E-state index >= 15 is 0 Å². The highest BCUT2D eigenvalue weighted by molar-refractivity contribution is 9.10. The average Bonchev–Trinajstić information content (AvgIpc) is 2.44. The molecule has 0 fully saturated rings. The zero-order chi connectivity index (χ0) is 15.6. The Balaban J connectivity index is 2.39. The molecule has 0 unspecified atom stereocenters. The molecule has 0 aliphatic rings. The third-order valence-electron chi connectivity index (χ3n) is 2.48. The number of hydrogen-bond donors (Lipinski definition) is 0. The largest absolute Gasteiger partial charge is 0.453 e. The lowest BCUT2D eigenvalue weighted by Crippen LogP contribution is -1.97. The predicted molar refractivity (Wildman–Crippen MR) is 71.9 cm³/mol. The summed E-state index contributed by atoms with van der Waals surface area (Å²) in [6.45, 7) is 0. The lowest BCUT2D eigenvalue weighted by molar-refractivity contribution is -0.387. The van der Waals surface area contributed by atoms with Gasteiger partial charge in [0.05, 0.1) is 27.1 Å². The van der Waals surface area contributed by atoms with E-state index in [1.807, 2.05) is 6.07 Å². The van der Waals surface area contributed by atoms with Gasteiger partial charge in [-0.2, -0.15) is 9.65 Å². The van der Waals surface area contributed by atoms with Crippen molar-refractivity contribution < 1.29 is 18.4 Å². The van der Waals surface area contributed by atoms with Crippen molar-refractivity contribution in [2.45, 2.75) is 0 Å². The Hall–Kier alpha value is -2.53. The van der Waals surface area contributed by atoms with Gasteiger partial charge < -0.3 is 4.74 Å². The minimum atomic E-state index is -1.21. The summed E-state index contributed by atoms with van der Waals surface area (Å²) in [5.41, 5.74) is -0.622.